The summed E-state index contributed by atoms with van der Waals surface area (Å²) in [6.45, 7) is 0.633. The van der Waals surface area contributed by atoms with E-state index in [1.54, 1.807) is 12.1 Å². The fourth-order valence-electron chi connectivity index (χ4n) is 2.49. The summed E-state index contributed by atoms with van der Waals surface area (Å²) in [5.74, 6) is 0.693. The number of aromatic hydroxyl groups is 1. The number of phenols is 1. The van der Waals surface area contributed by atoms with Gasteiger partial charge in [-0.3, -0.25) is 4.79 Å². The van der Waals surface area contributed by atoms with Gasteiger partial charge < -0.3 is 15.2 Å². The highest BCUT2D eigenvalue weighted by Gasteiger charge is 2.20. The number of nitrogens with one attached hydrogen (secondary N) is 1. The van der Waals surface area contributed by atoms with Crippen LogP contribution in [-0.2, 0) is 0 Å². The number of carbonyl (C=O) groups is 1. The van der Waals surface area contributed by atoms with E-state index in [1.807, 2.05) is 0 Å². The lowest BCUT2D eigenvalue weighted by atomic mass is 9.89. The largest absolute Gasteiger partial charge is 0.507 e. The van der Waals surface area contributed by atoms with E-state index in [2.05, 4.69) is 5.32 Å². The van der Waals surface area contributed by atoms with Crippen LogP contribution >= 0.6 is 11.6 Å². The first-order valence-corrected chi connectivity index (χ1v) is 7.33. The Bertz CT molecular complexity index is 470. The first-order chi connectivity index (χ1) is 9.60. The summed E-state index contributed by atoms with van der Waals surface area (Å²) in [5, 5.41) is 13.0. The lowest BCUT2D eigenvalue weighted by molar-refractivity contribution is 0.0941. The Morgan fingerprint density at radius 1 is 1.40 bits per heavy atom. The molecule has 5 heteroatoms. The molecule has 2 rings (SSSR count). The quantitative estimate of drug-likeness (QED) is 0.840. The molecule has 1 amide bonds. The van der Waals surface area contributed by atoms with Crippen molar-refractivity contribution in [1.29, 1.82) is 0 Å². The number of phenolic OH excluding ortho intramolecular Hbond substituents is 1. The van der Waals surface area contributed by atoms with Crippen LogP contribution in [0.1, 0.15) is 36.0 Å². The van der Waals surface area contributed by atoms with E-state index in [1.165, 1.54) is 13.2 Å². The number of methoxy groups -OCH3 is 1. The molecule has 0 unspecified atom stereocenters. The second kappa shape index (κ2) is 6.84. The smallest absolute Gasteiger partial charge is 0.255 e. The molecule has 1 fully saturated rings. The number of alkyl halides is 1. The first kappa shape index (κ1) is 15.0. The van der Waals surface area contributed by atoms with E-state index in [0.717, 1.165) is 25.7 Å². The third kappa shape index (κ3) is 3.79. The fraction of sp³-hybridized carbons (Fsp3) is 0.533. The average Bonchev–Trinajstić information content (AvgIpc) is 2.46. The molecule has 0 radical (unpaired) electrons. The first-order valence-electron chi connectivity index (χ1n) is 6.89. The molecule has 1 aliphatic rings. The van der Waals surface area contributed by atoms with Gasteiger partial charge in [-0.1, -0.05) is 0 Å². The van der Waals surface area contributed by atoms with Crippen molar-refractivity contribution in [2.75, 3.05) is 13.7 Å². The Labute approximate surface area is 124 Å². The highest BCUT2D eigenvalue weighted by Crippen LogP contribution is 2.27. The zero-order valence-corrected chi connectivity index (χ0v) is 12.3. The van der Waals surface area contributed by atoms with E-state index in [0.29, 0.717) is 18.2 Å². The minimum Gasteiger partial charge on any atom is -0.507 e. The molecule has 20 heavy (non-hydrogen) atoms. The number of carbonyl (C=O) groups excluding carboxylic acids is 1. The van der Waals surface area contributed by atoms with Crippen LogP contribution in [0.25, 0.3) is 0 Å². The van der Waals surface area contributed by atoms with Crippen LogP contribution in [0, 0.1) is 5.92 Å². The Morgan fingerprint density at radius 3 is 2.70 bits per heavy atom. The lowest BCUT2D eigenvalue weighted by Gasteiger charge is -2.25. The SMILES string of the molecule is COc1ccc(C(=O)NCC2CCC(Cl)CC2)c(O)c1. The van der Waals surface area contributed by atoms with Crippen LogP contribution in [0.15, 0.2) is 18.2 Å². The standard InChI is InChI=1S/C15H20ClNO3/c1-20-12-6-7-13(14(18)8-12)15(19)17-9-10-2-4-11(16)5-3-10/h6-8,10-11,18H,2-5,9H2,1H3,(H,17,19). The number of amides is 1. The molecular weight excluding hydrogens is 278 g/mol. The predicted molar refractivity (Wildman–Crippen MR) is 78.6 cm³/mol. The summed E-state index contributed by atoms with van der Waals surface area (Å²) in [7, 11) is 1.52. The van der Waals surface area contributed by atoms with E-state index in [-0.39, 0.29) is 22.6 Å². The van der Waals surface area contributed by atoms with Gasteiger partial charge in [0.05, 0.1) is 12.7 Å². The van der Waals surface area contributed by atoms with Gasteiger partial charge in [0.2, 0.25) is 0 Å². The van der Waals surface area contributed by atoms with Gasteiger partial charge in [-0.2, -0.15) is 0 Å². The van der Waals surface area contributed by atoms with Crippen molar-refractivity contribution >= 4 is 17.5 Å². The molecule has 1 aromatic carbocycles. The van der Waals surface area contributed by atoms with Crippen LogP contribution in [0.2, 0.25) is 0 Å². The molecule has 1 aromatic rings. The van der Waals surface area contributed by atoms with Gasteiger partial charge in [0.15, 0.2) is 0 Å². The summed E-state index contributed by atoms with van der Waals surface area (Å²) in [4.78, 5) is 12.0. The number of rotatable bonds is 4. The molecule has 0 spiro atoms. The maximum atomic E-state index is 12.0. The number of halogens is 1. The zero-order valence-electron chi connectivity index (χ0n) is 11.6. The molecular formula is C15H20ClNO3. The third-order valence-corrected chi connectivity index (χ3v) is 4.21. The lowest BCUT2D eigenvalue weighted by Crippen LogP contribution is -2.31. The van der Waals surface area contributed by atoms with Gasteiger partial charge in [0.25, 0.3) is 5.91 Å². The van der Waals surface area contributed by atoms with Gasteiger partial charge >= 0.3 is 0 Å². The topological polar surface area (TPSA) is 58.6 Å². The van der Waals surface area contributed by atoms with Crippen LogP contribution in [0.5, 0.6) is 11.5 Å². The van der Waals surface area contributed by atoms with Crippen LogP contribution < -0.4 is 10.1 Å². The van der Waals surface area contributed by atoms with Gasteiger partial charge in [-0.05, 0) is 43.7 Å². The molecule has 0 aromatic heterocycles. The summed E-state index contributed by atoms with van der Waals surface area (Å²) in [6, 6.07) is 4.67. The summed E-state index contributed by atoms with van der Waals surface area (Å²) >= 11 is 6.06. The minimum atomic E-state index is -0.252. The van der Waals surface area contributed by atoms with Crippen molar-refractivity contribution in [3.63, 3.8) is 0 Å². The number of benzene rings is 1. The third-order valence-electron chi connectivity index (χ3n) is 3.78. The molecule has 0 atom stereocenters. The molecule has 0 heterocycles. The number of ether oxygens (including phenoxy) is 1. The molecule has 4 nitrogen and oxygen atoms in total. The molecule has 2 N–H and O–H groups in total. The molecule has 1 aliphatic carbocycles. The average molecular weight is 298 g/mol. The van der Waals surface area contributed by atoms with Crippen molar-refractivity contribution < 1.29 is 14.6 Å². The summed E-state index contributed by atoms with van der Waals surface area (Å²) < 4.78 is 4.99. The van der Waals surface area contributed by atoms with Gasteiger partial charge in [-0.15, -0.1) is 11.6 Å². The summed E-state index contributed by atoms with van der Waals surface area (Å²) in [6.07, 6.45) is 4.11. The van der Waals surface area contributed by atoms with Crippen molar-refractivity contribution in [3.05, 3.63) is 23.8 Å². The highest BCUT2D eigenvalue weighted by molar-refractivity contribution is 6.20. The Morgan fingerprint density at radius 2 is 2.10 bits per heavy atom. The zero-order chi connectivity index (χ0) is 14.5. The van der Waals surface area contributed by atoms with Gasteiger partial charge in [0.1, 0.15) is 11.5 Å². The highest BCUT2D eigenvalue weighted by atomic mass is 35.5. The number of hydrogen-bond donors (Lipinski definition) is 2. The maximum absolute atomic E-state index is 12.0. The molecule has 0 saturated heterocycles. The van der Waals surface area contributed by atoms with E-state index in [4.69, 9.17) is 16.3 Å². The van der Waals surface area contributed by atoms with Crippen LogP contribution in [0.4, 0.5) is 0 Å². The van der Waals surface area contributed by atoms with Gasteiger partial charge in [-0.25, -0.2) is 0 Å². The minimum absolute atomic E-state index is 0.0636. The fourth-order valence-corrected chi connectivity index (χ4v) is 2.74. The Kier molecular flexibility index (Phi) is 5.12. The normalized spacial score (nSPS) is 22.3. The van der Waals surface area contributed by atoms with Crippen molar-refractivity contribution in [1.82, 2.24) is 5.32 Å². The van der Waals surface area contributed by atoms with E-state index in [9.17, 15) is 9.90 Å². The van der Waals surface area contributed by atoms with Crippen molar-refractivity contribution in [3.8, 4) is 11.5 Å². The molecule has 1 saturated carbocycles. The van der Waals surface area contributed by atoms with Gasteiger partial charge in [0, 0.05) is 18.0 Å². The molecule has 0 aliphatic heterocycles. The molecule has 110 valence electrons. The maximum Gasteiger partial charge on any atom is 0.255 e. The van der Waals surface area contributed by atoms with Crippen LogP contribution in [0.3, 0.4) is 0 Å². The van der Waals surface area contributed by atoms with Crippen molar-refractivity contribution in [2.45, 2.75) is 31.1 Å². The van der Waals surface area contributed by atoms with Crippen molar-refractivity contribution in [2.24, 2.45) is 5.92 Å². The van der Waals surface area contributed by atoms with E-state index < -0.39 is 0 Å². The monoisotopic (exact) mass is 297 g/mol. The van der Waals surface area contributed by atoms with E-state index >= 15 is 0 Å². The Balaban J connectivity index is 1.88. The summed E-state index contributed by atoms with van der Waals surface area (Å²) in [5.41, 5.74) is 0.275. The Hall–Kier alpha value is -1.42. The van der Waals surface area contributed by atoms with Crippen LogP contribution in [-0.4, -0.2) is 30.0 Å². The number of hydrogen-bond acceptors (Lipinski definition) is 3. The second-order valence-electron chi connectivity index (χ2n) is 5.21. The second-order valence-corrected chi connectivity index (χ2v) is 5.83. The predicted octanol–water partition coefficient (Wildman–Crippen LogP) is 2.93. The molecule has 0 bridgehead atoms.